The van der Waals surface area contributed by atoms with Crippen molar-refractivity contribution in [3.05, 3.63) is 0 Å². The van der Waals surface area contributed by atoms with E-state index in [1.807, 2.05) is 0 Å². The molecule has 11 heavy (non-hydrogen) atoms. The summed E-state index contributed by atoms with van der Waals surface area (Å²) < 4.78 is 5.75. The second-order valence-electron chi connectivity index (χ2n) is 3.28. The van der Waals surface area contributed by atoms with Gasteiger partial charge in [0.25, 0.3) is 0 Å². The second-order valence-corrected chi connectivity index (χ2v) is 4.36. The van der Waals surface area contributed by atoms with Gasteiger partial charge in [-0.3, -0.25) is 0 Å². The minimum Gasteiger partial charge on any atom is -0.475 e. The zero-order valence-corrected chi connectivity index (χ0v) is 8.46. The smallest absolute Gasteiger partial charge is 0.217 e. The molecule has 1 fully saturated rings. The standard InChI is InChI=1S/C8H14OS2/c1-6-3-2-4-7(5-6)9-8(10)11/h6-7H,2-5H2,1H3,(H,10,11). The molecule has 0 aliphatic heterocycles. The number of ether oxygens (including phenoxy) is 1. The van der Waals surface area contributed by atoms with Crippen LogP contribution in [0.2, 0.25) is 0 Å². The molecular weight excluding hydrogens is 176 g/mol. The van der Waals surface area contributed by atoms with Crippen LogP contribution in [-0.4, -0.2) is 10.5 Å². The van der Waals surface area contributed by atoms with Gasteiger partial charge in [-0.15, -0.1) is 0 Å². The molecule has 0 radical (unpaired) electrons. The lowest BCUT2D eigenvalue weighted by Gasteiger charge is -2.26. The van der Waals surface area contributed by atoms with Gasteiger partial charge < -0.3 is 4.74 Å². The fraction of sp³-hybridized carbons (Fsp3) is 0.875. The fourth-order valence-corrected chi connectivity index (χ4v) is 1.91. The normalized spacial score (nSPS) is 31.5. The van der Waals surface area contributed by atoms with Crippen LogP contribution in [0.5, 0.6) is 0 Å². The van der Waals surface area contributed by atoms with Crippen LogP contribution in [0.15, 0.2) is 0 Å². The maximum atomic E-state index is 5.36. The van der Waals surface area contributed by atoms with E-state index in [9.17, 15) is 0 Å². The highest BCUT2D eigenvalue weighted by atomic mass is 32.1. The van der Waals surface area contributed by atoms with E-state index in [0.717, 1.165) is 18.8 Å². The average Bonchev–Trinajstić information content (AvgIpc) is 1.85. The van der Waals surface area contributed by atoms with Crippen LogP contribution in [0.1, 0.15) is 32.6 Å². The first-order valence-electron chi connectivity index (χ1n) is 4.08. The summed E-state index contributed by atoms with van der Waals surface area (Å²) in [5.74, 6) is 0.788. The lowest BCUT2D eigenvalue weighted by atomic mass is 9.89. The van der Waals surface area contributed by atoms with Gasteiger partial charge in [-0.2, -0.15) is 0 Å². The van der Waals surface area contributed by atoms with Crippen LogP contribution in [0.4, 0.5) is 0 Å². The molecule has 1 nitrogen and oxygen atoms in total. The SMILES string of the molecule is CC1CCCC(OC(=S)S)C1. The molecule has 0 aromatic heterocycles. The minimum absolute atomic E-state index is 0.337. The Balaban J connectivity index is 2.28. The summed E-state index contributed by atoms with van der Waals surface area (Å²) >= 11 is 8.70. The lowest BCUT2D eigenvalue weighted by Crippen LogP contribution is -2.22. The van der Waals surface area contributed by atoms with E-state index in [0.29, 0.717) is 10.5 Å². The van der Waals surface area contributed by atoms with E-state index in [1.54, 1.807) is 0 Å². The van der Waals surface area contributed by atoms with E-state index >= 15 is 0 Å². The molecule has 0 amide bonds. The third kappa shape index (κ3) is 3.43. The Morgan fingerprint density at radius 1 is 1.55 bits per heavy atom. The average molecular weight is 190 g/mol. The second kappa shape index (κ2) is 4.31. The number of hydrogen-bond acceptors (Lipinski definition) is 2. The summed E-state index contributed by atoms with van der Waals surface area (Å²) in [5.41, 5.74) is 0. The minimum atomic E-state index is 0.337. The Hall–Kier alpha value is 0.240. The molecule has 3 heteroatoms. The predicted octanol–water partition coefficient (Wildman–Crippen LogP) is 2.80. The summed E-state index contributed by atoms with van der Waals surface area (Å²) in [4.78, 5) is 0. The van der Waals surface area contributed by atoms with Crippen LogP contribution in [0.3, 0.4) is 0 Å². The van der Waals surface area contributed by atoms with Crippen molar-refractivity contribution in [3.63, 3.8) is 0 Å². The van der Waals surface area contributed by atoms with Gasteiger partial charge in [-0.05, 0) is 37.4 Å². The zero-order valence-electron chi connectivity index (χ0n) is 6.75. The molecule has 0 bridgehead atoms. The first kappa shape index (κ1) is 9.33. The Morgan fingerprint density at radius 2 is 2.27 bits per heavy atom. The fourth-order valence-electron chi connectivity index (χ4n) is 1.63. The van der Waals surface area contributed by atoms with Crippen LogP contribution in [0.25, 0.3) is 0 Å². The zero-order chi connectivity index (χ0) is 8.27. The Kier molecular flexibility index (Phi) is 3.66. The molecule has 1 aliphatic rings. The Labute approximate surface area is 78.9 Å². The molecule has 1 rings (SSSR count). The quantitative estimate of drug-likeness (QED) is 0.503. The van der Waals surface area contributed by atoms with Crippen molar-refractivity contribution in [1.82, 2.24) is 0 Å². The molecule has 64 valence electrons. The maximum absolute atomic E-state index is 5.36. The van der Waals surface area contributed by atoms with Crippen molar-refractivity contribution >= 4 is 29.2 Å². The van der Waals surface area contributed by atoms with Gasteiger partial charge in [0.2, 0.25) is 4.38 Å². The van der Waals surface area contributed by atoms with Gasteiger partial charge in [-0.1, -0.05) is 26.0 Å². The molecule has 0 aromatic rings. The van der Waals surface area contributed by atoms with E-state index in [1.165, 1.54) is 12.8 Å². The summed E-state index contributed by atoms with van der Waals surface area (Å²) in [6.45, 7) is 2.26. The topological polar surface area (TPSA) is 9.23 Å². The molecule has 0 heterocycles. The summed E-state index contributed by atoms with van der Waals surface area (Å²) in [6.07, 6.45) is 5.22. The molecule has 1 saturated carbocycles. The predicted molar refractivity (Wildman–Crippen MR) is 54.1 cm³/mol. The molecule has 0 aromatic carbocycles. The van der Waals surface area contributed by atoms with E-state index < -0.39 is 0 Å². The van der Waals surface area contributed by atoms with Gasteiger partial charge in [0.05, 0.1) is 0 Å². The molecule has 2 atom stereocenters. The van der Waals surface area contributed by atoms with E-state index in [4.69, 9.17) is 17.0 Å². The van der Waals surface area contributed by atoms with Gasteiger partial charge in [0.15, 0.2) is 0 Å². The van der Waals surface area contributed by atoms with Crippen molar-refractivity contribution in [2.75, 3.05) is 0 Å². The monoisotopic (exact) mass is 190 g/mol. The third-order valence-corrected chi connectivity index (χ3v) is 2.36. The highest BCUT2D eigenvalue weighted by Gasteiger charge is 2.19. The Morgan fingerprint density at radius 3 is 2.82 bits per heavy atom. The molecule has 0 saturated heterocycles. The van der Waals surface area contributed by atoms with Crippen LogP contribution >= 0.6 is 24.8 Å². The van der Waals surface area contributed by atoms with Crippen LogP contribution < -0.4 is 0 Å². The number of thiocarbonyl (C=S) groups is 1. The molecular formula is C8H14OS2. The largest absolute Gasteiger partial charge is 0.475 e. The maximum Gasteiger partial charge on any atom is 0.217 e. The van der Waals surface area contributed by atoms with Crippen molar-refractivity contribution in [3.8, 4) is 0 Å². The van der Waals surface area contributed by atoms with Crippen molar-refractivity contribution in [2.24, 2.45) is 5.92 Å². The molecule has 0 spiro atoms. The van der Waals surface area contributed by atoms with E-state index in [-0.39, 0.29) is 0 Å². The van der Waals surface area contributed by atoms with Gasteiger partial charge in [0.1, 0.15) is 6.10 Å². The third-order valence-electron chi connectivity index (χ3n) is 2.16. The van der Waals surface area contributed by atoms with Gasteiger partial charge >= 0.3 is 0 Å². The van der Waals surface area contributed by atoms with Crippen molar-refractivity contribution in [2.45, 2.75) is 38.7 Å². The van der Waals surface area contributed by atoms with Gasteiger partial charge in [0, 0.05) is 0 Å². The molecule has 1 aliphatic carbocycles. The van der Waals surface area contributed by atoms with Crippen LogP contribution in [-0.2, 0) is 4.74 Å². The number of thiol groups is 1. The molecule has 0 N–H and O–H groups in total. The first-order chi connectivity index (χ1) is 5.18. The van der Waals surface area contributed by atoms with Gasteiger partial charge in [-0.25, -0.2) is 0 Å². The summed E-state index contributed by atoms with van der Waals surface area (Å²) in [6, 6.07) is 0. The summed E-state index contributed by atoms with van der Waals surface area (Å²) in [7, 11) is 0. The van der Waals surface area contributed by atoms with Crippen molar-refractivity contribution in [1.29, 1.82) is 0 Å². The highest BCUT2D eigenvalue weighted by molar-refractivity contribution is 8.10. The first-order valence-corrected chi connectivity index (χ1v) is 4.93. The highest BCUT2D eigenvalue weighted by Crippen LogP contribution is 2.25. The number of hydrogen-bond donors (Lipinski definition) is 1. The summed E-state index contributed by atoms with van der Waals surface area (Å²) in [5, 5.41) is 0. The Bertz CT molecular complexity index is 147. The number of rotatable bonds is 1. The molecule has 2 unspecified atom stereocenters. The van der Waals surface area contributed by atoms with E-state index in [2.05, 4.69) is 19.6 Å². The lowest BCUT2D eigenvalue weighted by molar-refractivity contribution is 0.127. The van der Waals surface area contributed by atoms with Crippen LogP contribution in [0, 0.1) is 5.92 Å². The van der Waals surface area contributed by atoms with Crippen molar-refractivity contribution < 1.29 is 4.74 Å².